The van der Waals surface area contributed by atoms with Crippen LogP contribution >= 0.6 is 0 Å². The Hall–Kier alpha value is -3.88. The first-order valence-corrected chi connectivity index (χ1v) is 9.83. The number of hydrogen-bond acceptors (Lipinski definition) is 3. The summed E-state index contributed by atoms with van der Waals surface area (Å²) in [6, 6.07) is 17.6. The molecule has 0 atom stereocenters. The van der Waals surface area contributed by atoms with Gasteiger partial charge < -0.3 is 5.32 Å². The van der Waals surface area contributed by atoms with Gasteiger partial charge in [-0.05, 0) is 29.0 Å². The van der Waals surface area contributed by atoms with Crippen LogP contribution in [0.1, 0.15) is 15.9 Å². The van der Waals surface area contributed by atoms with Gasteiger partial charge in [0.25, 0.3) is 5.91 Å². The maximum atomic E-state index is 13.0. The molecule has 4 aromatic rings. The number of fused-ring (bicyclic) bond motifs is 1. The zero-order valence-corrected chi connectivity index (χ0v) is 17.1. The highest BCUT2D eigenvalue weighted by Gasteiger charge is 2.31. The molecule has 0 unspecified atom stereocenters. The number of nitrogens with one attached hydrogen (secondary N) is 1. The van der Waals surface area contributed by atoms with Crippen molar-refractivity contribution >= 4 is 16.7 Å². The number of aromatic nitrogens is 3. The van der Waals surface area contributed by atoms with Crippen LogP contribution < -0.4 is 11.0 Å². The van der Waals surface area contributed by atoms with E-state index < -0.39 is 17.4 Å². The zero-order chi connectivity index (χ0) is 22.9. The third-order valence-electron chi connectivity index (χ3n) is 5.13. The first-order chi connectivity index (χ1) is 15.3. The van der Waals surface area contributed by atoms with Gasteiger partial charge >= 0.3 is 11.9 Å². The molecule has 3 aromatic carbocycles. The van der Waals surface area contributed by atoms with Crippen LogP contribution in [0.5, 0.6) is 0 Å². The summed E-state index contributed by atoms with van der Waals surface area (Å²) in [5.41, 5.74) is -0.615. The average Bonchev–Trinajstić information content (AvgIpc) is 3.07. The molecule has 9 heteroatoms. The van der Waals surface area contributed by atoms with Crippen LogP contribution in [0.3, 0.4) is 0 Å². The Morgan fingerprint density at radius 3 is 2.53 bits per heavy atom. The van der Waals surface area contributed by atoms with Crippen molar-refractivity contribution in [3.63, 3.8) is 0 Å². The second kappa shape index (κ2) is 8.33. The molecule has 0 bridgehead atoms. The molecule has 0 spiro atoms. The number of carbonyl (C=O) groups is 1. The first-order valence-electron chi connectivity index (χ1n) is 9.83. The van der Waals surface area contributed by atoms with E-state index in [0.717, 1.165) is 27.6 Å². The van der Waals surface area contributed by atoms with Crippen LogP contribution in [0.4, 0.5) is 13.2 Å². The molecule has 0 saturated heterocycles. The van der Waals surface area contributed by atoms with E-state index in [9.17, 15) is 22.8 Å². The van der Waals surface area contributed by atoms with Crippen molar-refractivity contribution in [2.45, 2.75) is 12.7 Å². The second-order valence-electron chi connectivity index (χ2n) is 7.25. The standard InChI is InChI=1S/C23H19F3N4O2/c1-29-20(16-8-4-9-17(14-16)23(24,25)26)28-30(22(29)32)13-12-27-21(31)19-11-5-7-15-6-2-3-10-18(15)19/h2-11,14H,12-13H2,1H3,(H,27,31). The van der Waals surface area contributed by atoms with E-state index in [1.165, 1.54) is 23.7 Å². The van der Waals surface area contributed by atoms with Gasteiger partial charge in [0.15, 0.2) is 5.82 Å². The molecule has 1 amide bonds. The summed E-state index contributed by atoms with van der Waals surface area (Å²) in [6.07, 6.45) is -4.50. The van der Waals surface area contributed by atoms with Gasteiger partial charge in [-0.3, -0.25) is 9.36 Å². The molecular weight excluding hydrogens is 421 g/mol. The van der Waals surface area contributed by atoms with Crippen LogP contribution in [-0.4, -0.2) is 26.8 Å². The minimum absolute atomic E-state index is 0.0716. The summed E-state index contributed by atoms with van der Waals surface area (Å²) < 4.78 is 41.3. The second-order valence-corrected chi connectivity index (χ2v) is 7.25. The predicted molar refractivity (Wildman–Crippen MR) is 114 cm³/mol. The molecular formula is C23H19F3N4O2. The first kappa shape index (κ1) is 21.4. The molecule has 6 nitrogen and oxygen atoms in total. The Labute approximate surface area is 180 Å². The smallest absolute Gasteiger partial charge is 0.350 e. The molecule has 0 saturated carbocycles. The van der Waals surface area contributed by atoms with Crippen LogP contribution in [0, 0.1) is 0 Å². The van der Waals surface area contributed by atoms with Gasteiger partial charge in [-0.1, -0.05) is 48.5 Å². The number of hydrogen-bond donors (Lipinski definition) is 1. The van der Waals surface area contributed by atoms with Gasteiger partial charge in [0, 0.05) is 24.7 Å². The number of halogens is 3. The van der Waals surface area contributed by atoms with E-state index >= 15 is 0 Å². The Balaban J connectivity index is 1.50. The van der Waals surface area contributed by atoms with Crippen molar-refractivity contribution in [2.75, 3.05) is 6.54 Å². The minimum Gasteiger partial charge on any atom is -0.350 e. The lowest BCUT2D eigenvalue weighted by Crippen LogP contribution is -2.31. The van der Waals surface area contributed by atoms with Gasteiger partial charge in [0.1, 0.15) is 0 Å². The highest BCUT2D eigenvalue weighted by molar-refractivity contribution is 6.06. The number of carbonyl (C=O) groups excluding carboxylic acids is 1. The lowest BCUT2D eigenvalue weighted by molar-refractivity contribution is -0.137. The fourth-order valence-electron chi connectivity index (χ4n) is 3.51. The monoisotopic (exact) mass is 440 g/mol. The molecule has 164 valence electrons. The number of amides is 1. The lowest BCUT2D eigenvalue weighted by atomic mass is 10.0. The Kier molecular flexibility index (Phi) is 5.56. The number of rotatable bonds is 5. The average molecular weight is 440 g/mol. The van der Waals surface area contributed by atoms with Crippen LogP contribution in [-0.2, 0) is 19.8 Å². The Morgan fingerprint density at radius 2 is 1.75 bits per heavy atom. The summed E-state index contributed by atoms with van der Waals surface area (Å²) in [6.45, 7) is 0.198. The van der Waals surface area contributed by atoms with Crippen molar-refractivity contribution in [1.82, 2.24) is 19.7 Å². The molecule has 0 aliphatic rings. The number of benzene rings is 3. The third kappa shape index (κ3) is 4.14. The third-order valence-corrected chi connectivity index (χ3v) is 5.13. The molecule has 4 rings (SSSR count). The van der Waals surface area contributed by atoms with Gasteiger partial charge in [-0.2, -0.15) is 13.2 Å². The van der Waals surface area contributed by atoms with E-state index in [1.54, 1.807) is 12.1 Å². The van der Waals surface area contributed by atoms with Crippen molar-refractivity contribution in [1.29, 1.82) is 0 Å². The van der Waals surface area contributed by atoms with E-state index in [2.05, 4.69) is 10.4 Å². The molecule has 0 aliphatic heterocycles. The van der Waals surface area contributed by atoms with Gasteiger partial charge in [-0.25, -0.2) is 9.48 Å². The topological polar surface area (TPSA) is 68.9 Å². The highest BCUT2D eigenvalue weighted by Crippen LogP contribution is 2.31. The van der Waals surface area contributed by atoms with E-state index in [4.69, 9.17) is 0 Å². The Morgan fingerprint density at radius 1 is 1.03 bits per heavy atom. The molecule has 0 fully saturated rings. The summed E-state index contributed by atoms with van der Waals surface area (Å²) in [4.78, 5) is 25.1. The van der Waals surface area contributed by atoms with Crippen LogP contribution in [0.25, 0.3) is 22.2 Å². The summed E-state index contributed by atoms with van der Waals surface area (Å²) >= 11 is 0. The van der Waals surface area contributed by atoms with Crippen molar-refractivity contribution in [2.24, 2.45) is 7.05 Å². The van der Waals surface area contributed by atoms with Crippen molar-refractivity contribution < 1.29 is 18.0 Å². The predicted octanol–water partition coefficient (Wildman–Crippen LogP) is 3.85. The maximum Gasteiger partial charge on any atom is 0.416 e. The summed E-state index contributed by atoms with van der Waals surface area (Å²) in [7, 11) is 1.44. The molecule has 32 heavy (non-hydrogen) atoms. The fraction of sp³-hybridized carbons (Fsp3) is 0.174. The SMILES string of the molecule is Cn1c(-c2cccc(C(F)(F)F)c2)nn(CCNC(=O)c2cccc3ccccc23)c1=O. The molecule has 1 aromatic heterocycles. The quantitative estimate of drug-likeness (QED) is 0.513. The van der Waals surface area contributed by atoms with Crippen LogP contribution in [0.15, 0.2) is 71.5 Å². The molecule has 1 heterocycles. The summed E-state index contributed by atoms with van der Waals surface area (Å²) in [5, 5.41) is 8.69. The van der Waals surface area contributed by atoms with E-state index in [-0.39, 0.29) is 30.4 Å². The van der Waals surface area contributed by atoms with E-state index in [0.29, 0.717) is 5.56 Å². The van der Waals surface area contributed by atoms with Crippen LogP contribution in [0.2, 0.25) is 0 Å². The normalized spacial score (nSPS) is 11.6. The fourth-order valence-corrected chi connectivity index (χ4v) is 3.51. The number of alkyl halides is 3. The van der Waals surface area contributed by atoms with Gasteiger partial charge in [-0.15, -0.1) is 5.10 Å². The van der Waals surface area contributed by atoms with Crippen molar-refractivity contribution in [3.05, 3.63) is 88.3 Å². The largest absolute Gasteiger partial charge is 0.416 e. The minimum atomic E-state index is -4.50. The maximum absolute atomic E-state index is 13.0. The Bertz CT molecular complexity index is 1350. The molecule has 0 radical (unpaired) electrons. The van der Waals surface area contributed by atoms with Crippen molar-refractivity contribution in [3.8, 4) is 11.4 Å². The molecule has 1 N–H and O–H groups in total. The van der Waals surface area contributed by atoms with E-state index in [1.807, 2.05) is 30.3 Å². The van der Waals surface area contributed by atoms with Gasteiger partial charge in [0.05, 0.1) is 12.1 Å². The zero-order valence-electron chi connectivity index (χ0n) is 17.1. The highest BCUT2D eigenvalue weighted by atomic mass is 19.4. The lowest BCUT2D eigenvalue weighted by Gasteiger charge is -2.08. The molecule has 0 aliphatic carbocycles. The van der Waals surface area contributed by atoms with Gasteiger partial charge in [0.2, 0.25) is 0 Å². The number of nitrogens with zero attached hydrogens (tertiary/aromatic N) is 3. The summed E-state index contributed by atoms with van der Waals surface area (Å²) in [5.74, 6) is -0.176.